The molecule has 3 aromatic heterocycles. The van der Waals surface area contributed by atoms with E-state index in [2.05, 4.69) is 48.7 Å². The van der Waals surface area contributed by atoms with Gasteiger partial charge < -0.3 is 15.0 Å². The van der Waals surface area contributed by atoms with Crippen LogP contribution in [0.2, 0.25) is 0 Å². The Kier molecular flexibility index (Phi) is 8.84. The molecule has 1 saturated heterocycles. The van der Waals surface area contributed by atoms with Gasteiger partial charge in [-0.3, -0.25) is 24.3 Å². The van der Waals surface area contributed by atoms with E-state index >= 15 is 0 Å². The van der Waals surface area contributed by atoms with Gasteiger partial charge in [0.2, 0.25) is 11.8 Å². The number of hydrogen-bond acceptors (Lipinski definition) is 9. The number of rotatable bonds is 10. The molecule has 0 radical (unpaired) electrons. The number of hydrogen-bond donors (Lipinski definition) is 2. The molecule has 1 aliphatic carbocycles. The Morgan fingerprint density at radius 1 is 1.08 bits per heavy atom. The highest BCUT2D eigenvalue weighted by Crippen LogP contribution is 2.37. The molecule has 51 heavy (non-hydrogen) atoms. The Labute approximate surface area is 300 Å². The van der Waals surface area contributed by atoms with E-state index in [-0.39, 0.29) is 11.8 Å². The molecule has 0 unspecified atom stereocenters. The first kappa shape index (κ1) is 33.2. The summed E-state index contributed by atoms with van der Waals surface area (Å²) < 4.78 is 7.01. The lowest BCUT2D eigenvalue weighted by Crippen LogP contribution is -2.45. The van der Waals surface area contributed by atoms with Gasteiger partial charge in [0.25, 0.3) is 0 Å². The smallest absolute Gasteiger partial charge is 0.241 e. The molecule has 3 aliphatic rings. The number of aromatic nitrogens is 6. The molecule has 2 amide bonds. The number of aryl methyl sites for hydroxylation is 2. The van der Waals surface area contributed by atoms with Crippen LogP contribution in [0, 0.1) is 6.92 Å². The van der Waals surface area contributed by atoms with Gasteiger partial charge in [-0.1, -0.05) is 30.3 Å². The van der Waals surface area contributed by atoms with Crippen molar-refractivity contribution in [2.24, 2.45) is 7.05 Å². The first-order valence-corrected chi connectivity index (χ1v) is 18.6. The average Bonchev–Trinajstić information content (AvgIpc) is 3.48. The Morgan fingerprint density at radius 2 is 1.90 bits per heavy atom. The summed E-state index contributed by atoms with van der Waals surface area (Å²) in [7, 11) is 1.86. The number of nitrogens with zero attached hydrogens (tertiary/aromatic N) is 7. The van der Waals surface area contributed by atoms with Crippen molar-refractivity contribution >= 4 is 45.7 Å². The second-order valence-electron chi connectivity index (χ2n) is 13.7. The van der Waals surface area contributed by atoms with E-state index in [0.717, 1.165) is 64.1 Å². The van der Waals surface area contributed by atoms with Crippen LogP contribution in [0.15, 0.2) is 67.0 Å². The van der Waals surface area contributed by atoms with E-state index in [1.54, 1.807) is 22.8 Å². The minimum Gasteiger partial charge on any atom is -0.489 e. The van der Waals surface area contributed by atoms with Crippen LogP contribution in [0.25, 0.3) is 39.3 Å². The molecular formula is C38H41N9O3S. The van der Waals surface area contributed by atoms with Crippen LogP contribution >= 0.6 is 11.8 Å². The number of amides is 2. The molecule has 2 aliphatic heterocycles. The summed E-state index contributed by atoms with van der Waals surface area (Å²) in [4.78, 5) is 40.4. The molecular weight excluding hydrogens is 663 g/mol. The van der Waals surface area contributed by atoms with Crippen LogP contribution in [0.4, 0.5) is 5.69 Å². The summed E-state index contributed by atoms with van der Waals surface area (Å²) in [6.07, 6.45) is 9.77. The monoisotopic (exact) mass is 703 g/mol. The normalized spacial score (nSPS) is 19.4. The van der Waals surface area contributed by atoms with Crippen LogP contribution in [-0.2, 0) is 16.6 Å². The summed E-state index contributed by atoms with van der Waals surface area (Å²) in [5.41, 5.74) is 7.23. The predicted octanol–water partition coefficient (Wildman–Crippen LogP) is 5.33. The third-order valence-corrected chi connectivity index (χ3v) is 11.4. The van der Waals surface area contributed by atoms with Crippen molar-refractivity contribution in [2.45, 2.75) is 43.5 Å². The van der Waals surface area contributed by atoms with Crippen molar-refractivity contribution in [3.05, 3.63) is 78.3 Å². The van der Waals surface area contributed by atoms with Crippen molar-refractivity contribution in [1.29, 1.82) is 0 Å². The van der Waals surface area contributed by atoms with Gasteiger partial charge in [-0.15, -0.1) is 11.8 Å². The quantitative estimate of drug-likeness (QED) is 0.198. The molecule has 262 valence electrons. The van der Waals surface area contributed by atoms with Crippen molar-refractivity contribution in [1.82, 2.24) is 39.7 Å². The molecule has 0 spiro atoms. The number of benzene rings is 2. The minimum absolute atomic E-state index is 0.0553. The summed E-state index contributed by atoms with van der Waals surface area (Å²) in [5.74, 6) is 1.55. The number of likely N-dealkylation sites (tertiary alicyclic amines) is 1. The summed E-state index contributed by atoms with van der Waals surface area (Å²) in [6, 6.07) is 17.9. The van der Waals surface area contributed by atoms with E-state index in [1.165, 1.54) is 5.57 Å². The lowest BCUT2D eigenvalue weighted by molar-refractivity contribution is -0.132. The lowest BCUT2D eigenvalue weighted by atomic mass is 9.98. The topological polar surface area (TPSA) is 134 Å². The van der Waals surface area contributed by atoms with Gasteiger partial charge in [-0.05, 0) is 80.3 Å². The lowest BCUT2D eigenvalue weighted by Gasteiger charge is -2.29. The number of carbonyl (C=O) groups is 2. The molecule has 5 aromatic rings. The Balaban J connectivity index is 0.882. The van der Waals surface area contributed by atoms with Gasteiger partial charge in [-0.2, -0.15) is 10.2 Å². The van der Waals surface area contributed by atoms with Crippen LogP contribution < -0.4 is 10.1 Å². The third-order valence-electron chi connectivity index (χ3n) is 10.1. The van der Waals surface area contributed by atoms with Crippen molar-refractivity contribution in [3.8, 4) is 28.5 Å². The number of pyridine rings is 1. The van der Waals surface area contributed by atoms with Crippen LogP contribution in [-0.4, -0.2) is 101 Å². The van der Waals surface area contributed by atoms with Gasteiger partial charge in [0.15, 0.2) is 5.82 Å². The van der Waals surface area contributed by atoms with Crippen LogP contribution in [0.5, 0.6) is 5.75 Å². The maximum Gasteiger partial charge on any atom is 0.241 e. The molecule has 8 rings (SSSR count). The largest absolute Gasteiger partial charge is 0.489 e. The van der Waals surface area contributed by atoms with Gasteiger partial charge in [0, 0.05) is 49.9 Å². The number of ether oxygens (including phenoxy) is 1. The summed E-state index contributed by atoms with van der Waals surface area (Å²) in [5, 5.41) is 16.1. The van der Waals surface area contributed by atoms with E-state index in [0.29, 0.717) is 56.8 Å². The Morgan fingerprint density at radius 3 is 2.61 bits per heavy atom. The first-order chi connectivity index (χ1) is 24.8. The highest BCUT2D eigenvalue weighted by atomic mass is 32.2. The highest BCUT2D eigenvalue weighted by Gasteiger charge is 2.44. The highest BCUT2D eigenvalue weighted by molar-refractivity contribution is 8.00. The third kappa shape index (κ3) is 6.87. The summed E-state index contributed by atoms with van der Waals surface area (Å²) >= 11 is 1.55. The first-order valence-electron chi connectivity index (χ1n) is 17.4. The van der Waals surface area contributed by atoms with Gasteiger partial charge >= 0.3 is 0 Å². The van der Waals surface area contributed by atoms with Crippen molar-refractivity contribution < 1.29 is 14.3 Å². The zero-order valence-corrected chi connectivity index (χ0v) is 29.9. The molecule has 1 atom stereocenters. The van der Waals surface area contributed by atoms with Crippen molar-refractivity contribution in [2.75, 3.05) is 44.3 Å². The van der Waals surface area contributed by atoms with Crippen LogP contribution in [0.1, 0.15) is 36.9 Å². The molecule has 0 bridgehead atoms. The fourth-order valence-corrected chi connectivity index (χ4v) is 7.74. The number of thioether (sulfide) groups is 1. The average molecular weight is 704 g/mol. The number of nitrogens with one attached hydrogen (secondary N) is 2. The molecule has 5 heterocycles. The van der Waals surface area contributed by atoms with E-state index in [9.17, 15) is 9.59 Å². The second kappa shape index (κ2) is 13.6. The van der Waals surface area contributed by atoms with Gasteiger partial charge in [0.1, 0.15) is 22.5 Å². The SMILES string of the molecule is CS[C@@]1(C(=O)Nc2ccc3[nH]nc(-c4ccc(OC5CC5)c(C)n4)c3c2)CCN(CC(=O)N2CC=C(c3ccc(-c4ncn(C)n4)cc3)CC2)C1. The van der Waals surface area contributed by atoms with Crippen molar-refractivity contribution in [3.63, 3.8) is 0 Å². The number of carbonyl (C=O) groups excluding carboxylic acids is 2. The molecule has 2 fully saturated rings. The maximum absolute atomic E-state index is 13.9. The zero-order chi connectivity index (χ0) is 35.1. The number of anilines is 1. The Bertz CT molecular complexity index is 2140. The number of aromatic amines is 1. The predicted molar refractivity (Wildman–Crippen MR) is 199 cm³/mol. The number of H-pyrrole nitrogens is 1. The number of fused-ring (bicyclic) bond motifs is 1. The van der Waals surface area contributed by atoms with E-state index in [1.807, 2.05) is 67.6 Å². The molecule has 13 heteroatoms. The fraction of sp³-hybridized carbons (Fsp3) is 0.368. The van der Waals surface area contributed by atoms with Crippen LogP contribution in [0.3, 0.4) is 0 Å². The van der Waals surface area contributed by atoms with E-state index < -0.39 is 4.75 Å². The molecule has 2 N–H and O–H groups in total. The molecule has 2 aromatic carbocycles. The minimum atomic E-state index is -0.656. The summed E-state index contributed by atoms with van der Waals surface area (Å²) in [6.45, 7) is 4.68. The van der Waals surface area contributed by atoms with Gasteiger partial charge in [-0.25, -0.2) is 9.97 Å². The zero-order valence-electron chi connectivity index (χ0n) is 29.1. The molecule has 12 nitrogen and oxygen atoms in total. The maximum atomic E-state index is 13.9. The van der Waals surface area contributed by atoms with E-state index in [4.69, 9.17) is 9.72 Å². The Hall–Kier alpha value is -5.01. The second-order valence-corrected chi connectivity index (χ2v) is 14.9. The standard InChI is InChI=1S/C38H41N9O3S/c1-24-33(50-29-9-10-29)13-12-32(40-24)35-30-20-28(8-11-31(30)42-43-35)41-37(49)38(51-3)16-19-46(22-38)21-34(48)47-17-14-26(15-18-47)25-4-6-27(7-5-25)36-39-23-45(2)44-36/h4-8,11-14,20,23,29H,9-10,15-19,21-22H2,1-3H3,(H,41,49)(H,42,43)/t38-/m0/s1. The fourth-order valence-electron chi connectivity index (χ4n) is 6.89. The molecule has 1 saturated carbocycles. The van der Waals surface area contributed by atoms with Gasteiger partial charge in [0.05, 0.1) is 29.6 Å².